The SMILES string of the molecule is Cc1ccc(Br)c(NC(C)CNC(=O)OC(C)(C)C)c1. The molecule has 0 spiro atoms. The van der Waals surface area contributed by atoms with Crippen molar-refractivity contribution < 1.29 is 9.53 Å². The lowest BCUT2D eigenvalue weighted by Gasteiger charge is -2.22. The number of anilines is 1. The zero-order chi connectivity index (χ0) is 15.3. The first-order valence-electron chi connectivity index (χ1n) is 6.67. The molecule has 5 heteroatoms. The number of nitrogens with one attached hydrogen (secondary N) is 2. The smallest absolute Gasteiger partial charge is 0.407 e. The Bertz CT molecular complexity index is 469. The van der Waals surface area contributed by atoms with E-state index in [4.69, 9.17) is 4.74 Å². The normalized spacial score (nSPS) is 12.7. The predicted octanol–water partition coefficient (Wildman–Crippen LogP) is 4.08. The van der Waals surface area contributed by atoms with E-state index < -0.39 is 11.7 Å². The highest BCUT2D eigenvalue weighted by molar-refractivity contribution is 9.10. The van der Waals surface area contributed by atoms with E-state index in [1.165, 1.54) is 5.56 Å². The maximum absolute atomic E-state index is 11.6. The molecule has 1 unspecified atom stereocenters. The number of rotatable bonds is 4. The zero-order valence-corrected chi connectivity index (χ0v) is 14.3. The maximum Gasteiger partial charge on any atom is 0.407 e. The molecule has 0 fully saturated rings. The number of alkyl carbamates (subject to hydrolysis) is 1. The number of amides is 1. The number of carbonyl (C=O) groups is 1. The molecule has 0 aliphatic carbocycles. The second kappa shape index (κ2) is 6.97. The summed E-state index contributed by atoms with van der Waals surface area (Å²) in [6.07, 6.45) is -0.394. The van der Waals surface area contributed by atoms with Gasteiger partial charge in [0.1, 0.15) is 5.60 Å². The summed E-state index contributed by atoms with van der Waals surface area (Å²) in [6, 6.07) is 6.21. The van der Waals surface area contributed by atoms with Crippen molar-refractivity contribution in [2.24, 2.45) is 0 Å². The molecule has 1 rings (SSSR count). The molecule has 1 aromatic carbocycles. The highest BCUT2D eigenvalue weighted by Crippen LogP contribution is 2.23. The van der Waals surface area contributed by atoms with Gasteiger partial charge in [-0.25, -0.2) is 4.79 Å². The van der Waals surface area contributed by atoms with Gasteiger partial charge in [0.2, 0.25) is 0 Å². The molecular weight excluding hydrogens is 320 g/mol. The van der Waals surface area contributed by atoms with E-state index in [0.717, 1.165) is 10.2 Å². The van der Waals surface area contributed by atoms with Gasteiger partial charge in [0.15, 0.2) is 0 Å². The lowest BCUT2D eigenvalue weighted by atomic mass is 10.2. The maximum atomic E-state index is 11.6. The van der Waals surface area contributed by atoms with Gasteiger partial charge in [-0.1, -0.05) is 6.07 Å². The number of hydrogen-bond acceptors (Lipinski definition) is 3. The summed E-state index contributed by atoms with van der Waals surface area (Å²) in [5.41, 5.74) is 1.73. The molecule has 2 N–H and O–H groups in total. The van der Waals surface area contributed by atoms with Crippen LogP contribution in [0.3, 0.4) is 0 Å². The van der Waals surface area contributed by atoms with Gasteiger partial charge in [-0.2, -0.15) is 0 Å². The average molecular weight is 343 g/mol. The zero-order valence-electron chi connectivity index (χ0n) is 12.7. The van der Waals surface area contributed by atoms with Crippen LogP contribution in [0.4, 0.5) is 10.5 Å². The summed E-state index contributed by atoms with van der Waals surface area (Å²) >= 11 is 3.50. The number of halogens is 1. The number of hydrogen-bond donors (Lipinski definition) is 2. The molecule has 0 saturated carbocycles. The minimum Gasteiger partial charge on any atom is -0.444 e. The molecule has 0 heterocycles. The minimum atomic E-state index is -0.472. The van der Waals surface area contributed by atoms with Crippen LogP contribution in [0, 0.1) is 6.92 Å². The van der Waals surface area contributed by atoms with Crippen LogP contribution in [0.15, 0.2) is 22.7 Å². The van der Waals surface area contributed by atoms with Crippen molar-refractivity contribution in [1.82, 2.24) is 5.32 Å². The van der Waals surface area contributed by atoms with Crippen LogP contribution in [0.5, 0.6) is 0 Å². The first-order valence-corrected chi connectivity index (χ1v) is 7.46. The average Bonchev–Trinajstić information content (AvgIpc) is 2.29. The molecule has 1 atom stereocenters. The molecule has 1 amide bonds. The molecule has 0 aliphatic rings. The van der Waals surface area contributed by atoms with Crippen molar-refractivity contribution in [3.05, 3.63) is 28.2 Å². The Balaban J connectivity index is 2.46. The van der Waals surface area contributed by atoms with Crippen molar-refractivity contribution in [3.63, 3.8) is 0 Å². The fraction of sp³-hybridized carbons (Fsp3) is 0.533. The van der Waals surface area contributed by atoms with E-state index in [1.54, 1.807) is 0 Å². The van der Waals surface area contributed by atoms with Crippen LogP contribution < -0.4 is 10.6 Å². The third kappa shape index (κ3) is 6.28. The van der Waals surface area contributed by atoms with Crippen LogP contribution >= 0.6 is 15.9 Å². The summed E-state index contributed by atoms with van der Waals surface area (Å²) in [4.78, 5) is 11.6. The van der Waals surface area contributed by atoms with Gasteiger partial charge in [0, 0.05) is 22.7 Å². The van der Waals surface area contributed by atoms with E-state index in [2.05, 4.69) is 32.6 Å². The van der Waals surface area contributed by atoms with Gasteiger partial charge in [0.05, 0.1) is 0 Å². The highest BCUT2D eigenvalue weighted by atomic mass is 79.9. The summed E-state index contributed by atoms with van der Waals surface area (Å²) in [5, 5.41) is 6.11. The number of carbonyl (C=O) groups excluding carboxylic acids is 1. The van der Waals surface area contributed by atoms with Crippen LogP contribution in [0.25, 0.3) is 0 Å². The lowest BCUT2D eigenvalue weighted by Crippen LogP contribution is -2.38. The first-order chi connectivity index (χ1) is 9.17. The molecule has 0 radical (unpaired) electrons. The molecule has 0 aromatic heterocycles. The van der Waals surface area contributed by atoms with Gasteiger partial charge in [-0.05, 0) is 68.2 Å². The third-order valence-corrected chi connectivity index (χ3v) is 3.17. The molecule has 20 heavy (non-hydrogen) atoms. The van der Waals surface area contributed by atoms with E-state index in [1.807, 2.05) is 46.8 Å². The predicted molar refractivity (Wildman–Crippen MR) is 86.2 cm³/mol. The monoisotopic (exact) mass is 342 g/mol. The summed E-state index contributed by atoms with van der Waals surface area (Å²) < 4.78 is 6.20. The first kappa shape index (κ1) is 16.8. The van der Waals surface area contributed by atoms with E-state index >= 15 is 0 Å². The Labute approximate surface area is 129 Å². The van der Waals surface area contributed by atoms with Crippen LogP contribution in [-0.2, 0) is 4.74 Å². The molecule has 0 aliphatic heterocycles. The Morgan fingerprint density at radius 2 is 2.05 bits per heavy atom. The topological polar surface area (TPSA) is 50.4 Å². The Morgan fingerprint density at radius 1 is 1.40 bits per heavy atom. The van der Waals surface area contributed by atoms with Crippen molar-refractivity contribution >= 4 is 27.7 Å². The second-order valence-electron chi connectivity index (χ2n) is 5.91. The van der Waals surface area contributed by atoms with Gasteiger partial charge in [0.25, 0.3) is 0 Å². The standard InChI is InChI=1S/C15H23BrN2O2/c1-10-6-7-12(16)13(8-10)18-11(2)9-17-14(19)20-15(3,4)5/h6-8,11,18H,9H2,1-5H3,(H,17,19). The Kier molecular flexibility index (Phi) is 5.87. The molecule has 112 valence electrons. The van der Waals surface area contributed by atoms with E-state index in [9.17, 15) is 4.79 Å². The summed E-state index contributed by atoms with van der Waals surface area (Å²) in [6.45, 7) is 10.1. The molecule has 4 nitrogen and oxygen atoms in total. The summed E-state index contributed by atoms with van der Waals surface area (Å²) in [7, 11) is 0. The van der Waals surface area contributed by atoms with E-state index in [0.29, 0.717) is 6.54 Å². The second-order valence-corrected chi connectivity index (χ2v) is 6.77. The van der Waals surface area contributed by atoms with E-state index in [-0.39, 0.29) is 6.04 Å². The lowest BCUT2D eigenvalue weighted by molar-refractivity contribution is 0.0526. The fourth-order valence-electron chi connectivity index (χ4n) is 1.62. The highest BCUT2D eigenvalue weighted by Gasteiger charge is 2.16. The van der Waals surface area contributed by atoms with Gasteiger partial charge >= 0.3 is 6.09 Å². The number of ether oxygens (including phenoxy) is 1. The molecule has 0 bridgehead atoms. The Morgan fingerprint density at radius 3 is 2.65 bits per heavy atom. The third-order valence-electron chi connectivity index (χ3n) is 2.48. The van der Waals surface area contributed by atoms with Crippen LogP contribution in [-0.4, -0.2) is 24.3 Å². The van der Waals surface area contributed by atoms with Crippen molar-refractivity contribution in [1.29, 1.82) is 0 Å². The van der Waals surface area contributed by atoms with Gasteiger partial charge in [-0.15, -0.1) is 0 Å². The molecule has 0 saturated heterocycles. The Hall–Kier alpha value is -1.23. The van der Waals surface area contributed by atoms with Crippen LogP contribution in [0.2, 0.25) is 0 Å². The quantitative estimate of drug-likeness (QED) is 0.866. The molecule has 1 aromatic rings. The fourth-order valence-corrected chi connectivity index (χ4v) is 1.98. The number of aryl methyl sites for hydroxylation is 1. The molecular formula is C15H23BrN2O2. The van der Waals surface area contributed by atoms with Crippen molar-refractivity contribution in [2.45, 2.75) is 46.3 Å². The van der Waals surface area contributed by atoms with Gasteiger partial charge in [-0.3, -0.25) is 0 Å². The minimum absolute atomic E-state index is 0.0978. The van der Waals surface area contributed by atoms with Gasteiger partial charge < -0.3 is 15.4 Å². The summed E-state index contributed by atoms with van der Waals surface area (Å²) in [5.74, 6) is 0. The van der Waals surface area contributed by atoms with Crippen LogP contribution in [0.1, 0.15) is 33.3 Å². The van der Waals surface area contributed by atoms with Crippen molar-refractivity contribution in [3.8, 4) is 0 Å². The number of benzene rings is 1. The van der Waals surface area contributed by atoms with Crippen molar-refractivity contribution in [2.75, 3.05) is 11.9 Å². The largest absolute Gasteiger partial charge is 0.444 e.